The van der Waals surface area contributed by atoms with Gasteiger partial charge in [-0.1, -0.05) is 66.7 Å². The zero-order chi connectivity index (χ0) is 20.2. The fourth-order valence-corrected chi connectivity index (χ4v) is 2.42. The molecule has 5 heteroatoms. The lowest BCUT2D eigenvalue weighted by molar-refractivity contribution is -0.123. The van der Waals surface area contributed by atoms with Crippen LogP contribution in [0.5, 0.6) is 11.5 Å². The van der Waals surface area contributed by atoms with E-state index < -0.39 is 0 Å². The van der Waals surface area contributed by atoms with Crippen LogP contribution in [-0.2, 0) is 11.4 Å². The number of nitrogens with zero attached hydrogens (tertiary/aromatic N) is 1. The molecule has 0 saturated carbocycles. The second-order valence-corrected chi connectivity index (χ2v) is 6.12. The number of rotatable bonds is 9. The molecule has 0 aliphatic carbocycles. The molecule has 3 aromatic rings. The zero-order valence-electron chi connectivity index (χ0n) is 15.9. The van der Waals surface area contributed by atoms with Crippen molar-refractivity contribution < 1.29 is 14.3 Å². The summed E-state index contributed by atoms with van der Waals surface area (Å²) in [7, 11) is 0. The topological polar surface area (TPSA) is 59.9 Å². The van der Waals surface area contributed by atoms with Gasteiger partial charge in [0.15, 0.2) is 6.61 Å². The summed E-state index contributed by atoms with van der Waals surface area (Å²) < 4.78 is 11.2. The van der Waals surface area contributed by atoms with Crippen LogP contribution in [0, 0.1) is 0 Å². The molecule has 0 fully saturated rings. The Bertz CT molecular complexity index is 937. The fourth-order valence-electron chi connectivity index (χ4n) is 2.42. The Morgan fingerprint density at radius 1 is 0.828 bits per heavy atom. The quantitative estimate of drug-likeness (QED) is 0.436. The highest BCUT2D eigenvalue weighted by atomic mass is 16.5. The number of amides is 1. The predicted octanol–water partition coefficient (Wildman–Crippen LogP) is 4.46. The van der Waals surface area contributed by atoms with Gasteiger partial charge in [-0.25, -0.2) is 5.43 Å². The summed E-state index contributed by atoms with van der Waals surface area (Å²) in [4.78, 5) is 11.8. The van der Waals surface area contributed by atoms with Crippen LogP contribution in [0.3, 0.4) is 0 Å². The van der Waals surface area contributed by atoms with Crippen molar-refractivity contribution in [2.75, 3.05) is 6.61 Å². The van der Waals surface area contributed by atoms with Crippen molar-refractivity contribution in [1.82, 2.24) is 5.43 Å². The molecule has 3 rings (SSSR count). The maximum absolute atomic E-state index is 11.8. The first-order valence-electron chi connectivity index (χ1n) is 9.23. The van der Waals surface area contributed by atoms with Gasteiger partial charge in [0.25, 0.3) is 5.91 Å². The second kappa shape index (κ2) is 11.1. The van der Waals surface area contributed by atoms with Crippen LogP contribution in [0.1, 0.15) is 11.1 Å². The molecule has 1 amide bonds. The van der Waals surface area contributed by atoms with Gasteiger partial charge in [0, 0.05) is 6.21 Å². The minimum atomic E-state index is -0.334. The molecule has 5 nitrogen and oxygen atoms in total. The molecule has 3 aromatic carbocycles. The standard InChI is InChI=1S/C24H22N2O3/c27-24(26-25-17-7-12-20-8-3-1-4-9-20)19-29-23-15-13-22(14-16-23)28-18-21-10-5-2-6-11-21/h1-17H,18-19H2,(H,26,27)/b12-7+,25-17+. The highest BCUT2D eigenvalue weighted by Crippen LogP contribution is 2.18. The first kappa shape index (κ1) is 19.9. The molecule has 0 saturated heterocycles. The minimum absolute atomic E-state index is 0.121. The third-order valence-electron chi connectivity index (χ3n) is 3.88. The van der Waals surface area contributed by atoms with Gasteiger partial charge in [-0.05, 0) is 41.5 Å². The van der Waals surface area contributed by atoms with E-state index in [1.807, 2.05) is 78.9 Å². The van der Waals surface area contributed by atoms with Crippen molar-refractivity contribution in [2.24, 2.45) is 5.10 Å². The van der Waals surface area contributed by atoms with E-state index in [2.05, 4.69) is 10.5 Å². The molecule has 0 heterocycles. The van der Waals surface area contributed by atoms with Gasteiger partial charge >= 0.3 is 0 Å². The van der Waals surface area contributed by atoms with Crippen molar-refractivity contribution in [1.29, 1.82) is 0 Å². The smallest absolute Gasteiger partial charge is 0.277 e. The van der Waals surface area contributed by atoms with Crippen LogP contribution in [0.2, 0.25) is 0 Å². The van der Waals surface area contributed by atoms with Crippen LogP contribution in [-0.4, -0.2) is 18.7 Å². The molecule has 0 aliphatic heterocycles. The number of hydrogen-bond donors (Lipinski definition) is 1. The van der Waals surface area contributed by atoms with Crippen molar-refractivity contribution in [3.05, 3.63) is 102 Å². The Morgan fingerprint density at radius 2 is 1.45 bits per heavy atom. The lowest BCUT2D eigenvalue weighted by Crippen LogP contribution is -2.24. The second-order valence-electron chi connectivity index (χ2n) is 6.12. The molecule has 146 valence electrons. The van der Waals surface area contributed by atoms with Gasteiger partial charge in [0.05, 0.1) is 0 Å². The highest BCUT2D eigenvalue weighted by Gasteiger charge is 2.02. The van der Waals surface area contributed by atoms with E-state index in [0.717, 1.165) is 16.9 Å². The Balaban J connectivity index is 1.36. The number of carbonyl (C=O) groups excluding carboxylic acids is 1. The minimum Gasteiger partial charge on any atom is -0.489 e. The number of ether oxygens (including phenoxy) is 2. The summed E-state index contributed by atoms with van der Waals surface area (Å²) >= 11 is 0. The summed E-state index contributed by atoms with van der Waals surface area (Å²) in [6.45, 7) is 0.379. The normalized spacial score (nSPS) is 10.9. The van der Waals surface area contributed by atoms with Crippen molar-refractivity contribution in [3.8, 4) is 11.5 Å². The SMILES string of the molecule is O=C(COc1ccc(OCc2ccccc2)cc1)N/N=C/C=C/c1ccccc1. The number of benzene rings is 3. The number of nitrogens with one attached hydrogen (secondary N) is 1. The summed E-state index contributed by atoms with van der Waals surface area (Å²) in [6.07, 6.45) is 5.17. The molecule has 0 unspecified atom stereocenters. The zero-order valence-corrected chi connectivity index (χ0v) is 15.9. The van der Waals surface area contributed by atoms with E-state index >= 15 is 0 Å². The summed E-state index contributed by atoms with van der Waals surface area (Å²) in [5, 5.41) is 3.85. The summed E-state index contributed by atoms with van der Waals surface area (Å²) in [5.41, 5.74) is 4.58. The van der Waals surface area contributed by atoms with Crippen LogP contribution in [0.15, 0.2) is 96.1 Å². The molecule has 0 aromatic heterocycles. The Labute approximate surface area is 170 Å². The molecule has 0 aliphatic rings. The molecule has 29 heavy (non-hydrogen) atoms. The predicted molar refractivity (Wildman–Crippen MR) is 115 cm³/mol. The Morgan fingerprint density at radius 3 is 2.14 bits per heavy atom. The lowest BCUT2D eigenvalue weighted by atomic mass is 10.2. The molecule has 1 N–H and O–H groups in total. The maximum atomic E-state index is 11.8. The van der Waals surface area contributed by atoms with Crippen LogP contribution < -0.4 is 14.9 Å². The van der Waals surface area contributed by atoms with Gasteiger partial charge in [0.1, 0.15) is 18.1 Å². The monoisotopic (exact) mass is 386 g/mol. The van der Waals surface area contributed by atoms with Gasteiger partial charge in [-0.3, -0.25) is 4.79 Å². The average Bonchev–Trinajstić information content (AvgIpc) is 2.78. The summed E-state index contributed by atoms with van der Waals surface area (Å²) in [5.74, 6) is 0.986. The number of hydrazone groups is 1. The van der Waals surface area contributed by atoms with Crippen LogP contribution >= 0.6 is 0 Å². The third kappa shape index (κ3) is 7.34. The maximum Gasteiger partial charge on any atom is 0.277 e. The Kier molecular flexibility index (Phi) is 7.61. The largest absolute Gasteiger partial charge is 0.489 e. The molecule has 0 bridgehead atoms. The molecule has 0 radical (unpaired) electrons. The van der Waals surface area contributed by atoms with Gasteiger partial charge < -0.3 is 9.47 Å². The number of hydrogen-bond acceptors (Lipinski definition) is 4. The molecular formula is C24H22N2O3. The lowest BCUT2D eigenvalue weighted by Gasteiger charge is -2.08. The van der Waals surface area contributed by atoms with Crippen molar-refractivity contribution in [2.45, 2.75) is 6.61 Å². The molecule has 0 atom stereocenters. The summed E-state index contributed by atoms with van der Waals surface area (Å²) in [6, 6.07) is 26.9. The average molecular weight is 386 g/mol. The van der Waals surface area contributed by atoms with Gasteiger partial charge in [-0.2, -0.15) is 5.10 Å². The van der Waals surface area contributed by atoms with Gasteiger partial charge in [0.2, 0.25) is 0 Å². The first-order chi connectivity index (χ1) is 14.3. The van der Waals surface area contributed by atoms with E-state index in [9.17, 15) is 4.79 Å². The van der Waals surface area contributed by atoms with Crippen LogP contribution in [0.4, 0.5) is 0 Å². The van der Waals surface area contributed by atoms with Crippen molar-refractivity contribution in [3.63, 3.8) is 0 Å². The molecular weight excluding hydrogens is 364 g/mol. The number of allylic oxidation sites excluding steroid dienone is 1. The third-order valence-corrected chi connectivity index (χ3v) is 3.88. The van der Waals surface area contributed by atoms with E-state index in [1.54, 1.807) is 18.2 Å². The molecule has 0 spiro atoms. The highest BCUT2D eigenvalue weighted by molar-refractivity contribution is 5.81. The van der Waals surface area contributed by atoms with E-state index in [1.165, 1.54) is 6.21 Å². The number of carbonyl (C=O) groups is 1. The first-order valence-corrected chi connectivity index (χ1v) is 9.23. The Hall–Kier alpha value is -3.86. The van der Waals surface area contributed by atoms with E-state index in [-0.39, 0.29) is 12.5 Å². The van der Waals surface area contributed by atoms with Gasteiger partial charge in [-0.15, -0.1) is 0 Å². The van der Waals surface area contributed by atoms with E-state index in [4.69, 9.17) is 9.47 Å². The fraction of sp³-hybridized carbons (Fsp3) is 0.0833. The van der Waals surface area contributed by atoms with E-state index in [0.29, 0.717) is 12.4 Å². The van der Waals surface area contributed by atoms with Crippen LogP contribution in [0.25, 0.3) is 6.08 Å². The van der Waals surface area contributed by atoms with Crippen molar-refractivity contribution >= 4 is 18.2 Å².